The Morgan fingerprint density at radius 3 is 2.48 bits per heavy atom. The number of hydrogen-bond donors (Lipinski definition) is 0. The van der Waals surface area contributed by atoms with E-state index in [2.05, 4.69) is 4.74 Å². The standard InChI is InChI=1S/C15H19F5O3/c1-2-3-4-5-11-10(6-7-12(11)21)8-13(22)23-9-14(16,17)15(18,19)20/h3-4,10-11H,2,5-9H2,1H3/b4-3-/t10-,11-/m1/s1. The van der Waals surface area contributed by atoms with Gasteiger partial charge in [0.15, 0.2) is 6.61 Å². The molecule has 0 aromatic carbocycles. The molecule has 0 aromatic heterocycles. The number of alkyl halides is 5. The van der Waals surface area contributed by atoms with Crippen molar-refractivity contribution in [3.05, 3.63) is 12.2 Å². The maximum absolute atomic E-state index is 12.7. The molecular weight excluding hydrogens is 323 g/mol. The Bertz CT molecular complexity index is 457. The first-order valence-electron chi connectivity index (χ1n) is 7.36. The van der Waals surface area contributed by atoms with Crippen molar-refractivity contribution in [1.82, 2.24) is 0 Å². The fourth-order valence-corrected chi connectivity index (χ4v) is 2.48. The van der Waals surface area contributed by atoms with Crippen LogP contribution in [0.2, 0.25) is 0 Å². The average Bonchev–Trinajstić information content (AvgIpc) is 2.77. The van der Waals surface area contributed by atoms with Crippen LogP contribution >= 0.6 is 0 Å². The number of allylic oxidation sites excluding steroid dienone is 2. The fraction of sp³-hybridized carbons (Fsp3) is 0.733. The quantitative estimate of drug-likeness (QED) is 0.398. The fourth-order valence-electron chi connectivity index (χ4n) is 2.48. The molecule has 3 nitrogen and oxygen atoms in total. The van der Waals surface area contributed by atoms with Gasteiger partial charge in [-0.15, -0.1) is 0 Å². The highest BCUT2D eigenvalue weighted by atomic mass is 19.4. The molecule has 0 spiro atoms. The molecule has 0 aliphatic heterocycles. The molecule has 1 aliphatic carbocycles. The molecule has 2 atom stereocenters. The Morgan fingerprint density at radius 1 is 1.26 bits per heavy atom. The van der Waals surface area contributed by atoms with Gasteiger partial charge >= 0.3 is 18.1 Å². The van der Waals surface area contributed by atoms with Gasteiger partial charge in [-0.2, -0.15) is 22.0 Å². The summed E-state index contributed by atoms with van der Waals surface area (Å²) in [4.78, 5) is 23.3. The summed E-state index contributed by atoms with van der Waals surface area (Å²) in [5.74, 6) is -7.02. The second-order valence-electron chi connectivity index (χ2n) is 5.55. The zero-order valence-electron chi connectivity index (χ0n) is 12.7. The Balaban J connectivity index is 2.53. The molecular formula is C15H19F5O3. The van der Waals surface area contributed by atoms with Crippen molar-refractivity contribution < 1.29 is 36.3 Å². The molecule has 0 heterocycles. The van der Waals surface area contributed by atoms with Crippen molar-refractivity contribution in [2.24, 2.45) is 11.8 Å². The van der Waals surface area contributed by atoms with Gasteiger partial charge in [0.25, 0.3) is 0 Å². The highest BCUT2D eigenvalue weighted by Gasteiger charge is 2.58. The van der Waals surface area contributed by atoms with Crippen molar-refractivity contribution in [3.63, 3.8) is 0 Å². The van der Waals surface area contributed by atoms with Crippen molar-refractivity contribution in [2.45, 2.75) is 51.1 Å². The Labute approximate surface area is 130 Å². The minimum Gasteiger partial charge on any atom is -0.459 e. The Hall–Kier alpha value is -1.47. The smallest absolute Gasteiger partial charge is 0.456 e. The summed E-state index contributed by atoms with van der Waals surface area (Å²) >= 11 is 0. The van der Waals surface area contributed by atoms with Crippen LogP contribution < -0.4 is 0 Å². The van der Waals surface area contributed by atoms with Gasteiger partial charge in [-0.1, -0.05) is 19.1 Å². The van der Waals surface area contributed by atoms with Gasteiger partial charge in [-0.3, -0.25) is 9.59 Å². The SMILES string of the molecule is CC/C=C\C[C@H]1C(=O)CC[C@@H]1CC(=O)OCC(F)(F)C(F)(F)F. The minimum atomic E-state index is -5.76. The maximum atomic E-state index is 12.7. The van der Waals surface area contributed by atoms with E-state index in [4.69, 9.17) is 0 Å². The first kappa shape index (κ1) is 19.6. The lowest BCUT2D eigenvalue weighted by molar-refractivity contribution is -0.294. The Morgan fingerprint density at radius 2 is 1.91 bits per heavy atom. The number of carbonyl (C=O) groups excluding carboxylic acids is 2. The highest BCUT2D eigenvalue weighted by molar-refractivity contribution is 5.84. The summed E-state index contributed by atoms with van der Waals surface area (Å²) in [7, 11) is 0. The first-order chi connectivity index (χ1) is 10.6. The molecule has 0 unspecified atom stereocenters. The van der Waals surface area contributed by atoms with Gasteiger partial charge in [-0.05, 0) is 25.2 Å². The molecule has 1 fully saturated rings. The number of halogens is 5. The van der Waals surface area contributed by atoms with Crippen LogP contribution in [-0.2, 0) is 14.3 Å². The Kier molecular flexibility index (Phi) is 6.70. The topological polar surface area (TPSA) is 43.4 Å². The lowest BCUT2D eigenvalue weighted by atomic mass is 9.89. The molecule has 0 saturated heterocycles. The number of Topliss-reactive ketones (excluding diaryl/α,β-unsaturated/α-hetero) is 1. The number of esters is 1. The van der Waals surface area contributed by atoms with E-state index in [-0.39, 0.29) is 24.5 Å². The van der Waals surface area contributed by atoms with E-state index >= 15 is 0 Å². The van der Waals surface area contributed by atoms with E-state index in [0.29, 0.717) is 12.8 Å². The van der Waals surface area contributed by atoms with Crippen LogP contribution in [0.15, 0.2) is 12.2 Å². The normalized spacial score (nSPS) is 22.8. The molecule has 0 amide bonds. The number of hydrogen-bond acceptors (Lipinski definition) is 3. The summed E-state index contributed by atoms with van der Waals surface area (Å²) < 4.78 is 65.4. The maximum Gasteiger partial charge on any atom is 0.456 e. The number of ketones is 1. The summed E-state index contributed by atoms with van der Waals surface area (Å²) in [5, 5.41) is 0. The van der Waals surface area contributed by atoms with Crippen LogP contribution in [0.3, 0.4) is 0 Å². The third kappa shape index (κ3) is 5.58. The molecule has 0 radical (unpaired) electrons. The van der Waals surface area contributed by atoms with Gasteiger partial charge in [0.2, 0.25) is 0 Å². The summed E-state index contributed by atoms with van der Waals surface area (Å²) in [6, 6.07) is 0. The van der Waals surface area contributed by atoms with Crippen molar-refractivity contribution in [1.29, 1.82) is 0 Å². The van der Waals surface area contributed by atoms with Gasteiger partial charge in [0.05, 0.1) is 0 Å². The average molecular weight is 342 g/mol. The van der Waals surface area contributed by atoms with Crippen molar-refractivity contribution in [2.75, 3.05) is 6.61 Å². The van der Waals surface area contributed by atoms with Crippen LogP contribution in [0.4, 0.5) is 22.0 Å². The predicted octanol–water partition coefficient (Wildman–Crippen LogP) is 4.07. The van der Waals surface area contributed by atoms with Gasteiger partial charge < -0.3 is 4.74 Å². The van der Waals surface area contributed by atoms with Gasteiger partial charge in [-0.25, -0.2) is 0 Å². The lowest BCUT2D eigenvalue weighted by Gasteiger charge is -2.20. The third-order valence-corrected chi connectivity index (χ3v) is 3.79. The molecule has 0 N–H and O–H groups in total. The van der Waals surface area contributed by atoms with Crippen molar-refractivity contribution >= 4 is 11.8 Å². The summed E-state index contributed by atoms with van der Waals surface area (Å²) in [5.41, 5.74) is 0. The van der Waals surface area contributed by atoms with Gasteiger partial charge in [0, 0.05) is 18.8 Å². The summed E-state index contributed by atoms with van der Waals surface area (Å²) in [6.07, 6.45) is -0.498. The second-order valence-corrected chi connectivity index (χ2v) is 5.55. The van der Waals surface area contributed by atoms with Gasteiger partial charge in [0.1, 0.15) is 5.78 Å². The van der Waals surface area contributed by atoms with E-state index in [0.717, 1.165) is 6.42 Å². The van der Waals surface area contributed by atoms with E-state index in [9.17, 15) is 31.5 Å². The zero-order chi connectivity index (χ0) is 17.7. The van der Waals surface area contributed by atoms with E-state index in [1.807, 2.05) is 19.1 Å². The minimum absolute atomic E-state index is 0.0239. The second kappa shape index (κ2) is 7.88. The number of ether oxygens (including phenoxy) is 1. The molecule has 0 aromatic rings. The van der Waals surface area contributed by atoms with E-state index in [1.165, 1.54) is 0 Å². The monoisotopic (exact) mass is 342 g/mol. The molecule has 132 valence electrons. The van der Waals surface area contributed by atoms with Crippen LogP contribution in [-0.4, -0.2) is 30.5 Å². The zero-order valence-corrected chi connectivity index (χ0v) is 12.7. The molecule has 1 saturated carbocycles. The molecule has 23 heavy (non-hydrogen) atoms. The first-order valence-corrected chi connectivity index (χ1v) is 7.36. The van der Waals surface area contributed by atoms with Crippen molar-refractivity contribution in [3.8, 4) is 0 Å². The van der Waals surface area contributed by atoms with Crippen LogP contribution in [0, 0.1) is 11.8 Å². The molecule has 0 bridgehead atoms. The summed E-state index contributed by atoms with van der Waals surface area (Å²) in [6.45, 7) is -0.112. The third-order valence-electron chi connectivity index (χ3n) is 3.79. The molecule has 1 aliphatic rings. The largest absolute Gasteiger partial charge is 0.459 e. The highest BCUT2D eigenvalue weighted by Crippen LogP contribution is 2.37. The van der Waals surface area contributed by atoms with Crippen LogP contribution in [0.5, 0.6) is 0 Å². The van der Waals surface area contributed by atoms with E-state index < -0.39 is 30.6 Å². The molecule has 8 heteroatoms. The van der Waals surface area contributed by atoms with Crippen LogP contribution in [0.25, 0.3) is 0 Å². The number of carbonyl (C=O) groups is 2. The molecule has 1 rings (SSSR count). The lowest BCUT2D eigenvalue weighted by Crippen LogP contribution is -2.41. The van der Waals surface area contributed by atoms with E-state index in [1.54, 1.807) is 0 Å². The number of rotatable bonds is 7. The predicted molar refractivity (Wildman–Crippen MR) is 71.8 cm³/mol. The van der Waals surface area contributed by atoms with Crippen LogP contribution in [0.1, 0.15) is 39.0 Å².